The number of fused-ring (bicyclic) bond motifs is 1. The van der Waals surface area contributed by atoms with E-state index in [1.54, 1.807) is 0 Å². The van der Waals surface area contributed by atoms with E-state index in [1.807, 2.05) is 41.3 Å². The van der Waals surface area contributed by atoms with Crippen LogP contribution in [0, 0.1) is 5.92 Å². The Morgan fingerprint density at radius 3 is 2.78 bits per heavy atom. The monoisotopic (exact) mass is 425 g/mol. The molecule has 1 aliphatic carbocycles. The number of aromatic amines is 1. The number of carbonyl (C=O) groups excluding carboxylic acids is 1. The van der Waals surface area contributed by atoms with Crippen LogP contribution < -0.4 is 0 Å². The molecular weight excluding hydrogens is 398 g/mol. The molecule has 1 amide bonds. The largest absolute Gasteiger partial charge is 0.443 e. The van der Waals surface area contributed by atoms with Crippen LogP contribution in [0.5, 0.6) is 0 Å². The maximum absolute atomic E-state index is 13.7. The molecule has 5 nitrogen and oxygen atoms in total. The van der Waals surface area contributed by atoms with Gasteiger partial charge < -0.3 is 14.3 Å². The highest BCUT2D eigenvalue weighted by Crippen LogP contribution is 2.26. The van der Waals surface area contributed by atoms with E-state index in [0.29, 0.717) is 23.9 Å². The first-order valence-electron chi connectivity index (χ1n) is 11.3. The van der Waals surface area contributed by atoms with E-state index in [1.165, 1.54) is 17.3 Å². The minimum atomic E-state index is -0.0630. The Hall–Kier alpha value is -3.60. The van der Waals surface area contributed by atoms with Crippen molar-refractivity contribution in [3.05, 3.63) is 90.6 Å². The van der Waals surface area contributed by atoms with Crippen molar-refractivity contribution in [1.29, 1.82) is 0 Å². The van der Waals surface area contributed by atoms with Crippen molar-refractivity contribution in [3.8, 4) is 11.3 Å². The summed E-state index contributed by atoms with van der Waals surface area (Å²) in [6.45, 7) is 1.37. The summed E-state index contributed by atoms with van der Waals surface area (Å²) < 4.78 is 5.65. The van der Waals surface area contributed by atoms with Crippen molar-refractivity contribution in [3.63, 3.8) is 0 Å². The van der Waals surface area contributed by atoms with Crippen LogP contribution in [-0.2, 0) is 6.42 Å². The van der Waals surface area contributed by atoms with E-state index in [9.17, 15) is 4.79 Å². The number of oxazole rings is 1. The highest BCUT2D eigenvalue weighted by atomic mass is 16.3. The normalized spacial score (nSPS) is 15.8. The number of nitrogens with one attached hydrogen (secondary N) is 1. The standard InChI is InChI=1S/C27H27N3O2/c31-27(25-26(32-19-29-25)21-11-5-2-6-12-21)30(18-20-9-3-1-4-10-20)16-15-22-17-28-24-14-8-7-13-23(22)24/h1-3,5-8,11-14,17,19-20,28H,4,9-10,15-16,18H2/t20-/m1/s1. The fraction of sp³-hybridized carbons (Fsp3) is 0.259. The second-order valence-corrected chi connectivity index (χ2v) is 8.41. The lowest BCUT2D eigenvalue weighted by atomic mass is 9.93. The summed E-state index contributed by atoms with van der Waals surface area (Å²) >= 11 is 0. The van der Waals surface area contributed by atoms with Gasteiger partial charge in [-0.3, -0.25) is 4.79 Å². The predicted octanol–water partition coefficient (Wildman–Crippen LogP) is 5.86. The molecule has 4 aromatic rings. The van der Waals surface area contributed by atoms with Gasteiger partial charge in [-0.1, -0.05) is 60.7 Å². The van der Waals surface area contributed by atoms with Crippen LogP contribution in [-0.4, -0.2) is 33.9 Å². The van der Waals surface area contributed by atoms with Crippen molar-refractivity contribution in [2.45, 2.75) is 25.7 Å². The van der Waals surface area contributed by atoms with Gasteiger partial charge in [0.1, 0.15) is 0 Å². The number of carbonyl (C=O) groups is 1. The zero-order chi connectivity index (χ0) is 21.8. The van der Waals surface area contributed by atoms with Crippen molar-refractivity contribution in [2.24, 2.45) is 5.92 Å². The van der Waals surface area contributed by atoms with Crippen molar-refractivity contribution in [1.82, 2.24) is 14.9 Å². The fourth-order valence-corrected chi connectivity index (χ4v) is 4.55. The Labute approximate surface area is 187 Å². The first-order chi connectivity index (χ1) is 15.8. The number of aromatic nitrogens is 2. The minimum Gasteiger partial charge on any atom is -0.443 e. The third kappa shape index (κ3) is 4.24. The van der Waals surface area contributed by atoms with Gasteiger partial charge in [0.15, 0.2) is 17.8 Å². The Morgan fingerprint density at radius 2 is 1.94 bits per heavy atom. The molecule has 5 heteroatoms. The molecule has 2 aromatic heterocycles. The van der Waals surface area contributed by atoms with Gasteiger partial charge in [0, 0.05) is 35.8 Å². The van der Waals surface area contributed by atoms with Gasteiger partial charge in [-0.15, -0.1) is 0 Å². The number of hydrogen-bond acceptors (Lipinski definition) is 3. The zero-order valence-electron chi connectivity index (χ0n) is 18.0. The zero-order valence-corrected chi connectivity index (χ0v) is 18.0. The van der Waals surface area contributed by atoms with E-state index >= 15 is 0 Å². The summed E-state index contributed by atoms with van der Waals surface area (Å²) in [6.07, 6.45) is 11.9. The first kappa shape index (κ1) is 20.3. The maximum atomic E-state index is 13.7. The van der Waals surface area contributed by atoms with Gasteiger partial charge in [-0.25, -0.2) is 4.98 Å². The molecule has 0 unspecified atom stereocenters. The Balaban J connectivity index is 1.40. The van der Waals surface area contributed by atoms with Gasteiger partial charge in [0.25, 0.3) is 5.91 Å². The number of para-hydroxylation sites is 1. The van der Waals surface area contributed by atoms with Gasteiger partial charge in [0.05, 0.1) is 0 Å². The number of amides is 1. The number of benzene rings is 2. The lowest BCUT2D eigenvalue weighted by molar-refractivity contribution is 0.0721. The van der Waals surface area contributed by atoms with E-state index in [0.717, 1.165) is 43.3 Å². The van der Waals surface area contributed by atoms with Gasteiger partial charge in [-0.2, -0.15) is 0 Å². The Bertz CT molecular complexity index is 1220. The summed E-state index contributed by atoms with van der Waals surface area (Å²) in [5, 5.41) is 1.21. The average molecular weight is 426 g/mol. The van der Waals surface area contributed by atoms with E-state index in [-0.39, 0.29) is 5.91 Å². The van der Waals surface area contributed by atoms with Gasteiger partial charge in [0.2, 0.25) is 0 Å². The molecular formula is C27H27N3O2. The van der Waals surface area contributed by atoms with Crippen LogP contribution in [0.4, 0.5) is 0 Å². The molecule has 0 radical (unpaired) electrons. The molecule has 2 aromatic carbocycles. The Morgan fingerprint density at radius 1 is 1.09 bits per heavy atom. The van der Waals surface area contributed by atoms with Crippen LogP contribution in [0.1, 0.15) is 35.3 Å². The third-order valence-corrected chi connectivity index (χ3v) is 6.28. The summed E-state index contributed by atoms with van der Waals surface area (Å²) in [7, 11) is 0. The molecule has 1 N–H and O–H groups in total. The van der Waals surface area contributed by atoms with Crippen LogP contribution in [0.25, 0.3) is 22.2 Å². The average Bonchev–Trinajstić information content (AvgIpc) is 3.50. The lowest BCUT2D eigenvalue weighted by Gasteiger charge is -2.28. The van der Waals surface area contributed by atoms with E-state index < -0.39 is 0 Å². The molecule has 162 valence electrons. The highest BCUT2D eigenvalue weighted by molar-refractivity contribution is 5.97. The molecule has 0 bridgehead atoms. The van der Waals surface area contributed by atoms with Crippen LogP contribution in [0.2, 0.25) is 0 Å². The predicted molar refractivity (Wildman–Crippen MR) is 126 cm³/mol. The lowest BCUT2D eigenvalue weighted by Crippen LogP contribution is -2.37. The molecule has 0 saturated carbocycles. The number of hydrogen-bond donors (Lipinski definition) is 1. The molecule has 1 aliphatic rings. The number of nitrogens with zero attached hydrogens (tertiary/aromatic N) is 2. The van der Waals surface area contributed by atoms with Crippen LogP contribution in [0.3, 0.4) is 0 Å². The minimum absolute atomic E-state index is 0.0630. The van der Waals surface area contributed by atoms with Crippen LogP contribution >= 0.6 is 0 Å². The van der Waals surface area contributed by atoms with Crippen molar-refractivity contribution >= 4 is 16.8 Å². The maximum Gasteiger partial charge on any atom is 0.276 e. The molecule has 0 fully saturated rings. The molecule has 1 atom stereocenters. The summed E-state index contributed by atoms with van der Waals surface area (Å²) in [5.74, 6) is 0.947. The molecule has 0 saturated heterocycles. The number of H-pyrrole nitrogens is 1. The summed E-state index contributed by atoms with van der Waals surface area (Å²) in [5.41, 5.74) is 3.61. The molecule has 5 rings (SSSR count). The highest BCUT2D eigenvalue weighted by Gasteiger charge is 2.26. The molecule has 0 spiro atoms. The van der Waals surface area contributed by atoms with Crippen molar-refractivity contribution in [2.75, 3.05) is 13.1 Å². The SMILES string of the molecule is O=C(c1ncoc1-c1ccccc1)N(CCc1c[nH]c2ccccc12)C[C@@H]1CC=CCC1. The molecule has 32 heavy (non-hydrogen) atoms. The number of rotatable bonds is 7. The second kappa shape index (κ2) is 9.27. The fourth-order valence-electron chi connectivity index (χ4n) is 4.55. The summed E-state index contributed by atoms with van der Waals surface area (Å²) in [6, 6.07) is 18.0. The Kier molecular flexibility index (Phi) is 5.88. The number of allylic oxidation sites excluding steroid dienone is 2. The smallest absolute Gasteiger partial charge is 0.276 e. The first-order valence-corrected chi connectivity index (χ1v) is 11.3. The quantitative estimate of drug-likeness (QED) is 0.377. The summed E-state index contributed by atoms with van der Waals surface area (Å²) in [4.78, 5) is 23.3. The second-order valence-electron chi connectivity index (χ2n) is 8.41. The van der Waals surface area contributed by atoms with Gasteiger partial charge >= 0.3 is 0 Å². The molecule has 2 heterocycles. The molecule has 0 aliphatic heterocycles. The van der Waals surface area contributed by atoms with E-state index in [4.69, 9.17) is 4.42 Å². The van der Waals surface area contributed by atoms with Gasteiger partial charge in [-0.05, 0) is 43.2 Å². The third-order valence-electron chi connectivity index (χ3n) is 6.28. The van der Waals surface area contributed by atoms with Crippen LogP contribution in [0.15, 0.2) is 83.8 Å². The topological polar surface area (TPSA) is 62.1 Å². The van der Waals surface area contributed by atoms with E-state index in [2.05, 4.69) is 46.5 Å². The van der Waals surface area contributed by atoms with Crippen molar-refractivity contribution < 1.29 is 9.21 Å².